The third kappa shape index (κ3) is 1.31. The maximum absolute atomic E-state index is 10.5. The minimum atomic E-state index is -0.920. The number of benzene rings is 1. The van der Waals surface area contributed by atoms with Crippen LogP contribution in [0.15, 0.2) is 28.9 Å². The summed E-state index contributed by atoms with van der Waals surface area (Å²) in [5, 5.41) is 18.6. The Kier molecular flexibility index (Phi) is 1.89. The standard InChI is InChI=1S/C10H8O4/c11-8-3-1-2-7-6(4-9(12)13)5-14-10(7)8/h1-3,5,11H,4H2,(H,12,13). The van der Waals surface area contributed by atoms with E-state index in [0.29, 0.717) is 16.5 Å². The van der Waals surface area contributed by atoms with Crippen molar-refractivity contribution in [3.63, 3.8) is 0 Å². The highest BCUT2D eigenvalue weighted by atomic mass is 16.4. The van der Waals surface area contributed by atoms with Gasteiger partial charge in [0.05, 0.1) is 12.7 Å². The first kappa shape index (κ1) is 8.62. The molecule has 0 amide bonds. The first-order chi connectivity index (χ1) is 6.68. The predicted molar refractivity (Wildman–Crippen MR) is 49.2 cm³/mol. The van der Waals surface area contributed by atoms with Crippen molar-refractivity contribution in [1.29, 1.82) is 0 Å². The quantitative estimate of drug-likeness (QED) is 0.760. The Bertz CT molecular complexity index is 484. The number of aromatic hydroxyl groups is 1. The summed E-state index contributed by atoms with van der Waals surface area (Å²) in [5.41, 5.74) is 0.909. The number of carbonyl (C=O) groups is 1. The Morgan fingerprint density at radius 1 is 1.43 bits per heavy atom. The van der Waals surface area contributed by atoms with E-state index < -0.39 is 5.97 Å². The predicted octanol–water partition coefficient (Wildman–Crippen LogP) is 1.77. The summed E-state index contributed by atoms with van der Waals surface area (Å²) in [6.07, 6.45) is 1.26. The largest absolute Gasteiger partial charge is 0.504 e. The fourth-order valence-corrected chi connectivity index (χ4v) is 1.39. The molecule has 0 saturated heterocycles. The number of rotatable bonds is 2. The van der Waals surface area contributed by atoms with Gasteiger partial charge in [0.1, 0.15) is 0 Å². The van der Waals surface area contributed by atoms with Gasteiger partial charge in [0.15, 0.2) is 11.3 Å². The molecular weight excluding hydrogens is 184 g/mol. The van der Waals surface area contributed by atoms with E-state index >= 15 is 0 Å². The molecule has 0 fully saturated rings. The van der Waals surface area contributed by atoms with Gasteiger partial charge in [0, 0.05) is 10.9 Å². The first-order valence-corrected chi connectivity index (χ1v) is 4.08. The van der Waals surface area contributed by atoms with E-state index in [1.54, 1.807) is 12.1 Å². The molecule has 2 rings (SSSR count). The molecule has 14 heavy (non-hydrogen) atoms. The molecule has 1 heterocycles. The number of fused-ring (bicyclic) bond motifs is 1. The SMILES string of the molecule is O=C(O)Cc1coc2c(O)cccc12. The number of hydrogen-bond acceptors (Lipinski definition) is 3. The summed E-state index contributed by atoms with van der Waals surface area (Å²) in [5.74, 6) is -0.893. The second-order valence-electron chi connectivity index (χ2n) is 2.99. The first-order valence-electron chi connectivity index (χ1n) is 4.08. The Balaban J connectivity index is 2.58. The molecule has 0 atom stereocenters. The van der Waals surface area contributed by atoms with Crippen molar-refractivity contribution in [2.75, 3.05) is 0 Å². The maximum Gasteiger partial charge on any atom is 0.307 e. The van der Waals surface area contributed by atoms with Crippen molar-refractivity contribution in [2.45, 2.75) is 6.42 Å². The van der Waals surface area contributed by atoms with Crippen molar-refractivity contribution < 1.29 is 19.4 Å². The van der Waals surface area contributed by atoms with Crippen LogP contribution in [-0.4, -0.2) is 16.2 Å². The van der Waals surface area contributed by atoms with Crippen LogP contribution in [0.2, 0.25) is 0 Å². The minimum absolute atomic E-state index is 0.0270. The number of carboxylic acids is 1. The van der Waals surface area contributed by atoms with Gasteiger partial charge in [-0.3, -0.25) is 4.79 Å². The van der Waals surface area contributed by atoms with Gasteiger partial charge < -0.3 is 14.6 Å². The van der Waals surface area contributed by atoms with Crippen molar-refractivity contribution >= 4 is 16.9 Å². The molecule has 0 saturated carbocycles. The molecule has 2 aromatic rings. The fraction of sp³-hybridized carbons (Fsp3) is 0.100. The lowest BCUT2D eigenvalue weighted by molar-refractivity contribution is -0.136. The van der Waals surface area contributed by atoms with Gasteiger partial charge >= 0.3 is 5.97 Å². The minimum Gasteiger partial charge on any atom is -0.504 e. The molecule has 0 unspecified atom stereocenters. The molecule has 0 bridgehead atoms. The van der Waals surface area contributed by atoms with Crippen LogP contribution in [0.1, 0.15) is 5.56 Å². The third-order valence-corrected chi connectivity index (χ3v) is 2.00. The monoisotopic (exact) mass is 192 g/mol. The molecule has 72 valence electrons. The molecule has 0 aliphatic carbocycles. The zero-order valence-electron chi connectivity index (χ0n) is 7.23. The number of carboxylic acid groups (broad SMARTS) is 1. The van der Waals surface area contributed by atoms with Crippen LogP contribution in [0.5, 0.6) is 5.75 Å². The zero-order chi connectivity index (χ0) is 10.1. The molecular formula is C10H8O4. The van der Waals surface area contributed by atoms with Gasteiger partial charge in [-0.25, -0.2) is 0 Å². The van der Waals surface area contributed by atoms with Gasteiger partial charge in [-0.05, 0) is 6.07 Å². The van der Waals surface area contributed by atoms with E-state index in [9.17, 15) is 9.90 Å². The summed E-state index contributed by atoms with van der Waals surface area (Å²) in [6.45, 7) is 0. The second-order valence-corrected chi connectivity index (χ2v) is 2.99. The van der Waals surface area contributed by atoms with Gasteiger partial charge in [-0.15, -0.1) is 0 Å². The number of para-hydroxylation sites is 1. The number of aliphatic carboxylic acids is 1. The van der Waals surface area contributed by atoms with E-state index in [4.69, 9.17) is 9.52 Å². The van der Waals surface area contributed by atoms with Crippen LogP contribution < -0.4 is 0 Å². The molecule has 1 aromatic heterocycles. The highest BCUT2D eigenvalue weighted by molar-refractivity contribution is 5.88. The number of phenolic OH excluding ortho intramolecular Hbond substituents is 1. The van der Waals surface area contributed by atoms with Gasteiger partial charge in [0.2, 0.25) is 0 Å². The molecule has 4 nitrogen and oxygen atoms in total. The van der Waals surface area contributed by atoms with Gasteiger partial charge in [0.25, 0.3) is 0 Å². The van der Waals surface area contributed by atoms with E-state index in [-0.39, 0.29) is 12.2 Å². The lowest BCUT2D eigenvalue weighted by Gasteiger charge is -1.93. The Hall–Kier alpha value is -1.97. The van der Waals surface area contributed by atoms with Crippen LogP contribution in [0.3, 0.4) is 0 Å². The summed E-state index contributed by atoms with van der Waals surface area (Å²) in [7, 11) is 0. The Morgan fingerprint density at radius 2 is 2.21 bits per heavy atom. The van der Waals surface area contributed by atoms with E-state index in [0.717, 1.165) is 0 Å². The summed E-state index contributed by atoms with van der Waals surface area (Å²) < 4.78 is 5.07. The molecule has 0 aliphatic heterocycles. The highest BCUT2D eigenvalue weighted by Crippen LogP contribution is 2.28. The molecule has 1 aromatic carbocycles. The van der Waals surface area contributed by atoms with Crippen LogP contribution in [0.4, 0.5) is 0 Å². The number of furan rings is 1. The van der Waals surface area contributed by atoms with Crippen molar-refractivity contribution in [1.82, 2.24) is 0 Å². The van der Waals surface area contributed by atoms with E-state index in [2.05, 4.69) is 0 Å². The normalized spacial score (nSPS) is 10.6. The average Bonchev–Trinajstić information content (AvgIpc) is 2.49. The fourth-order valence-electron chi connectivity index (χ4n) is 1.39. The molecule has 4 heteroatoms. The van der Waals surface area contributed by atoms with Crippen LogP contribution in [0, 0.1) is 0 Å². The summed E-state index contributed by atoms with van der Waals surface area (Å²) in [4.78, 5) is 10.5. The lowest BCUT2D eigenvalue weighted by Crippen LogP contribution is -1.98. The molecule has 2 N–H and O–H groups in total. The van der Waals surface area contributed by atoms with E-state index in [1.165, 1.54) is 12.3 Å². The van der Waals surface area contributed by atoms with Crippen LogP contribution in [0.25, 0.3) is 11.0 Å². The number of phenols is 1. The van der Waals surface area contributed by atoms with Crippen molar-refractivity contribution in [3.05, 3.63) is 30.0 Å². The van der Waals surface area contributed by atoms with Crippen molar-refractivity contribution in [3.8, 4) is 5.75 Å². The summed E-state index contributed by atoms with van der Waals surface area (Å²) in [6, 6.07) is 4.87. The number of hydrogen-bond donors (Lipinski definition) is 2. The van der Waals surface area contributed by atoms with Crippen LogP contribution >= 0.6 is 0 Å². The van der Waals surface area contributed by atoms with Crippen LogP contribution in [-0.2, 0) is 11.2 Å². The lowest BCUT2D eigenvalue weighted by atomic mass is 10.1. The maximum atomic E-state index is 10.5. The smallest absolute Gasteiger partial charge is 0.307 e. The Labute approximate surface area is 79.4 Å². The highest BCUT2D eigenvalue weighted by Gasteiger charge is 2.11. The van der Waals surface area contributed by atoms with Gasteiger partial charge in [-0.1, -0.05) is 12.1 Å². The second kappa shape index (κ2) is 3.06. The summed E-state index contributed by atoms with van der Waals surface area (Å²) >= 11 is 0. The van der Waals surface area contributed by atoms with E-state index in [1.807, 2.05) is 0 Å². The zero-order valence-corrected chi connectivity index (χ0v) is 7.23. The topological polar surface area (TPSA) is 70.7 Å². The average molecular weight is 192 g/mol. The molecule has 0 spiro atoms. The molecule has 0 aliphatic rings. The third-order valence-electron chi connectivity index (χ3n) is 2.00. The molecule has 0 radical (unpaired) electrons. The van der Waals surface area contributed by atoms with Crippen molar-refractivity contribution in [2.24, 2.45) is 0 Å². The Morgan fingerprint density at radius 3 is 2.93 bits per heavy atom. The van der Waals surface area contributed by atoms with Gasteiger partial charge in [-0.2, -0.15) is 0 Å².